The van der Waals surface area contributed by atoms with Crippen LogP contribution in [-0.4, -0.2) is 43.7 Å². The van der Waals surface area contributed by atoms with Gasteiger partial charge in [0.15, 0.2) is 0 Å². The molecule has 1 fully saturated rings. The summed E-state index contributed by atoms with van der Waals surface area (Å²) in [6.07, 6.45) is 5.93. The minimum atomic E-state index is 0.0534. The van der Waals surface area contributed by atoms with Gasteiger partial charge in [-0.2, -0.15) is 0 Å². The standard InChI is InChI=1S/C12H25N3O/c1-3-8-14-12(16)15(2)10-7-11-6-4-5-9-13-11/h11,13H,3-10H2,1-2H3,(H,14,16). The van der Waals surface area contributed by atoms with Crippen molar-refractivity contribution in [2.75, 3.05) is 26.7 Å². The van der Waals surface area contributed by atoms with Crippen molar-refractivity contribution in [3.63, 3.8) is 0 Å². The highest BCUT2D eigenvalue weighted by Gasteiger charge is 2.14. The molecule has 0 aromatic rings. The molecular formula is C12H25N3O. The van der Waals surface area contributed by atoms with Crippen LogP contribution in [-0.2, 0) is 0 Å². The molecule has 1 unspecified atom stereocenters. The molecule has 0 aromatic carbocycles. The first-order chi connectivity index (χ1) is 7.74. The van der Waals surface area contributed by atoms with Crippen LogP contribution in [0.3, 0.4) is 0 Å². The Morgan fingerprint density at radius 1 is 1.50 bits per heavy atom. The third-order valence-electron chi connectivity index (χ3n) is 3.10. The summed E-state index contributed by atoms with van der Waals surface area (Å²) in [6, 6.07) is 0.660. The molecule has 4 nitrogen and oxygen atoms in total. The Kier molecular flexibility index (Phi) is 6.23. The maximum Gasteiger partial charge on any atom is 0.317 e. The van der Waals surface area contributed by atoms with Crippen molar-refractivity contribution in [1.82, 2.24) is 15.5 Å². The second kappa shape index (κ2) is 7.49. The van der Waals surface area contributed by atoms with Gasteiger partial charge in [0.25, 0.3) is 0 Å². The van der Waals surface area contributed by atoms with Gasteiger partial charge in [-0.1, -0.05) is 13.3 Å². The topological polar surface area (TPSA) is 44.4 Å². The molecule has 0 bridgehead atoms. The monoisotopic (exact) mass is 227 g/mol. The molecule has 1 saturated heterocycles. The largest absolute Gasteiger partial charge is 0.338 e. The fourth-order valence-electron chi connectivity index (χ4n) is 1.99. The molecule has 1 atom stereocenters. The Morgan fingerprint density at radius 2 is 2.31 bits per heavy atom. The minimum absolute atomic E-state index is 0.0534. The van der Waals surface area contributed by atoms with Crippen molar-refractivity contribution >= 4 is 6.03 Å². The van der Waals surface area contributed by atoms with E-state index in [9.17, 15) is 4.79 Å². The Bertz CT molecular complexity index is 202. The van der Waals surface area contributed by atoms with E-state index in [2.05, 4.69) is 17.6 Å². The van der Waals surface area contributed by atoms with E-state index in [1.807, 2.05) is 7.05 Å². The second-order valence-corrected chi connectivity index (χ2v) is 4.59. The number of carbonyl (C=O) groups excluding carboxylic acids is 1. The van der Waals surface area contributed by atoms with Crippen LogP contribution in [0.15, 0.2) is 0 Å². The first-order valence-electron chi connectivity index (χ1n) is 6.46. The number of hydrogen-bond acceptors (Lipinski definition) is 2. The van der Waals surface area contributed by atoms with Crippen molar-refractivity contribution in [3.8, 4) is 0 Å². The zero-order valence-corrected chi connectivity index (χ0v) is 10.6. The van der Waals surface area contributed by atoms with E-state index in [1.54, 1.807) is 4.90 Å². The maximum absolute atomic E-state index is 11.6. The van der Waals surface area contributed by atoms with Gasteiger partial charge in [0.2, 0.25) is 0 Å². The number of hydrogen-bond donors (Lipinski definition) is 2. The minimum Gasteiger partial charge on any atom is -0.338 e. The van der Waals surface area contributed by atoms with E-state index in [1.165, 1.54) is 19.3 Å². The number of piperidine rings is 1. The normalized spacial score (nSPS) is 20.5. The van der Waals surface area contributed by atoms with Crippen LogP contribution in [0.2, 0.25) is 0 Å². The zero-order chi connectivity index (χ0) is 11.8. The molecule has 2 N–H and O–H groups in total. The lowest BCUT2D eigenvalue weighted by molar-refractivity contribution is 0.205. The third kappa shape index (κ3) is 4.84. The summed E-state index contributed by atoms with van der Waals surface area (Å²) in [5.74, 6) is 0. The summed E-state index contributed by atoms with van der Waals surface area (Å²) in [7, 11) is 1.87. The summed E-state index contributed by atoms with van der Waals surface area (Å²) in [5, 5.41) is 6.38. The summed E-state index contributed by atoms with van der Waals surface area (Å²) < 4.78 is 0. The lowest BCUT2D eigenvalue weighted by Crippen LogP contribution is -2.41. The van der Waals surface area contributed by atoms with Crippen LogP contribution in [0, 0.1) is 0 Å². The highest BCUT2D eigenvalue weighted by molar-refractivity contribution is 5.73. The van der Waals surface area contributed by atoms with Crippen LogP contribution in [0.4, 0.5) is 4.79 Å². The summed E-state index contributed by atoms with van der Waals surface area (Å²) in [6.45, 7) is 4.81. The Labute approximate surface area is 98.8 Å². The Hall–Kier alpha value is -0.770. The highest BCUT2D eigenvalue weighted by atomic mass is 16.2. The molecule has 94 valence electrons. The molecule has 0 aromatic heterocycles. The van der Waals surface area contributed by atoms with Crippen LogP contribution in [0.5, 0.6) is 0 Å². The molecule has 0 aliphatic carbocycles. The number of urea groups is 1. The average Bonchev–Trinajstić information content (AvgIpc) is 2.34. The van der Waals surface area contributed by atoms with Gasteiger partial charge in [-0.3, -0.25) is 0 Å². The second-order valence-electron chi connectivity index (χ2n) is 4.59. The number of nitrogens with one attached hydrogen (secondary N) is 2. The molecule has 2 amide bonds. The molecule has 1 aliphatic rings. The van der Waals surface area contributed by atoms with Crippen LogP contribution in [0.25, 0.3) is 0 Å². The summed E-state index contributed by atoms with van der Waals surface area (Å²) in [5.41, 5.74) is 0. The maximum atomic E-state index is 11.6. The van der Waals surface area contributed by atoms with Crippen molar-refractivity contribution in [3.05, 3.63) is 0 Å². The van der Waals surface area contributed by atoms with Gasteiger partial charge in [-0.05, 0) is 32.2 Å². The van der Waals surface area contributed by atoms with Gasteiger partial charge >= 0.3 is 6.03 Å². The fourth-order valence-corrected chi connectivity index (χ4v) is 1.99. The lowest BCUT2D eigenvalue weighted by Gasteiger charge is -2.26. The molecule has 16 heavy (non-hydrogen) atoms. The van der Waals surface area contributed by atoms with E-state index in [0.29, 0.717) is 6.04 Å². The van der Waals surface area contributed by atoms with Gasteiger partial charge in [0.1, 0.15) is 0 Å². The molecule has 1 aliphatic heterocycles. The number of rotatable bonds is 5. The molecule has 0 radical (unpaired) electrons. The van der Waals surface area contributed by atoms with E-state index in [-0.39, 0.29) is 6.03 Å². The van der Waals surface area contributed by atoms with Gasteiger partial charge in [-0.25, -0.2) is 4.79 Å². The van der Waals surface area contributed by atoms with E-state index >= 15 is 0 Å². The SMILES string of the molecule is CCCNC(=O)N(C)CCC1CCCCN1. The average molecular weight is 227 g/mol. The molecule has 1 heterocycles. The lowest BCUT2D eigenvalue weighted by atomic mass is 10.0. The third-order valence-corrected chi connectivity index (χ3v) is 3.10. The number of carbonyl (C=O) groups is 1. The van der Waals surface area contributed by atoms with E-state index < -0.39 is 0 Å². The van der Waals surface area contributed by atoms with Crippen molar-refractivity contribution < 1.29 is 4.79 Å². The molecule has 0 saturated carbocycles. The Balaban J connectivity index is 2.12. The van der Waals surface area contributed by atoms with E-state index in [0.717, 1.165) is 32.5 Å². The van der Waals surface area contributed by atoms with Crippen molar-refractivity contribution in [2.24, 2.45) is 0 Å². The number of nitrogens with zero attached hydrogens (tertiary/aromatic N) is 1. The molecule has 1 rings (SSSR count). The summed E-state index contributed by atoms with van der Waals surface area (Å²) >= 11 is 0. The fraction of sp³-hybridized carbons (Fsp3) is 0.917. The molecular weight excluding hydrogens is 202 g/mol. The Morgan fingerprint density at radius 3 is 2.94 bits per heavy atom. The predicted octanol–water partition coefficient (Wildman–Crippen LogP) is 1.57. The molecule has 4 heteroatoms. The number of amides is 2. The van der Waals surface area contributed by atoms with Gasteiger partial charge in [0, 0.05) is 26.2 Å². The van der Waals surface area contributed by atoms with Gasteiger partial charge in [0.05, 0.1) is 0 Å². The summed E-state index contributed by atoms with van der Waals surface area (Å²) in [4.78, 5) is 13.4. The zero-order valence-electron chi connectivity index (χ0n) is 10.6. The first kappa shape index (κ1) is 13.3. The molecule has 0 spiro atoms. The predicted molar refractivity (Wildman–Crippen MR) is 66.6 cm³/mol. The first-order valence-corrected chi connectivity index (χ1v) is 6.46. The van der Waals surface area contributed by atoms with Crippen molar-refractivity contribution in [1.29, 1.82) is 0 Å². The van der Waals surface area contributed by atoms with E-state index in [4.69, 9.17) is 0 Å². The highest BCUT2D eigenvalue weighted by Crippen LogP contribution is 2.10. The van der Waals surface area contributed by atoms with Crippen LogP contribution >= 0.6 is 0 Å². The van der Waals surface area contributed by atoms with Crippen LogP contribution < -0.4 is 10.6 Å². The van der Waals surface area contributed by atoms with Crippen LogP contribution in [0.1, 0.15) is 39.0 Å². The van der Waals surface area contributed by atoms with Crippen molar-refractivity contribution in [2.45, 2.75) is 45.1 Å². The van der Waals surface area contributed by atoms with Gasteiger partial charge in [-0.15, -0.1) is 0 Å². The van der Waals surface area contributed by atoms with Gasteiger partial charge < -0.3 is 15.5 Å². The smallest absolute Gasteiger partial charge is 0.317 e. The quantitative estimate of drug-likeness (QED) is 0.749.